The molecule has 3 heteroatoms. The Hall–Kier alpha value is -2.16. The summed E-state index contributed by atoms with van der Waals surface area (Å²) < 4.78 is 13.0. The number of halogens is 1. The number of aromatic nitrogens is 2. The summed E-state index contributed by atoms with van der Waals surface area (Å²) >= 11 is 0. The molecule has 0 bridgehead atoms. The predicted octanol–water partition coefficient (Wildman–Crippen LogP) is 3.00. The third kappa shape index (κ3) is 1.46. The first-order valence-electron chi connectivity index (χ1n) is 4.97. The highest BCUT2D eigenvalue weighted by Gasteiger charge is 1.96. The van der Waals surface area contributed by atoms with E-state index in [0.29, 0.717) is 0 Å². The van der Waals surface area contributed by atoms with E-state index < -0.39 is 0 Å². The molecule has 0 aliphatic rings. The summed E-state index contributed by atoms with van der Waals surface area (Å²) in [6.45, 7) is 0. The van der Waals surface area contributed by atoms with Gasteiger partial charge in [-0.25, -0.2) is 4.39 Å². The summed E-state index contributed by atoms with van der Waals surface area (Å²) in [5.74, 6) is -0.243. The van der Waals surface area contributed by atoms with E-state index in [1.54, 1.807) is 12.3 Å². The van der Waals surface area contributed by atoms with Crippen molar-refractivity contribution in [1.29, 1.82) is 0 Å². The molecule has 0 atom stereocenters. The maximum atomic E-state index is 13.0. The van der Waals surface area contributed by atoms with Crippen LogP contribution in [0.4, 0.5) is 4.39 Å². The van der Waals surface area contributed by atoms with Gasteiger partial charge in [0.15, 0.2) is 0 Å². The minimum atomic E-state index is -0.243. The molecule has 0 radical (unpaired) electrons. The molecule has 0 amide bonds. The zero-order chi connectivity index (χ0) is 11.0. The molecule has 0 fully saturated rings. The van der Waals surface area contributed by atoms with Crippen LogP contribution in [-0.2, 0) is 0 Å². The fourth-order valence-electron chi connectivity index (χ4n) is 1.70. The Kier molecular flexibility index (Phi) is 1.96. The van der Waals surface area contributed by atoms with Crippen molar-refractivity contribution in [3.63, 3.8) is 0 Å². The van der Waals surface area contributed by atoms with Gasteiger partial charge < -0.3 is 4.98 Å². The monoisotopic (exact) mass is 211 g/mol. The number of nitrogens with zero attached hydrogens (tertiary/aromatic N) is 2. The lowest BCUT2D eigenvalue weighted by Crippen LogP contribution is -1.82. The highest BCUT2D eigenvalue weighted by atomic mass is 19.1. The van der Waals surface area contributed by atoms with E-state index in [1.165, 1.54) is 12.1 Å². The van der Waals surface area contributed by atoms with E-state index in [9.17, 15) is 4.39 Å². The summed E-state index contributed by atoms with van der Waals surface area (Å²) in [6.07, 6.45) is 1.72. The van der Waals surface area contributed by atoms with Crippen LogP contribution in [0.5, 0.6) is 0 Å². The van der Waals surface area contributed by atoms with Crippen LogP contribution >= 0.6 is 0 Å². The van der Waals surface area contributed by atoms with Gasteiger partial charge in [0.1, 0.15) is 5.82 Å². The first-order valence-corrected chi connectivity index (χ1v) is 4.97. The maximum absolute atomic E-state index is 13.0. The van der Waals surface area contributed by atoms with Gasteiger partial charge in [-0.2, -0.15) is 0 Å². The third-order valence-electron chi connectivity index (χ3n) is 2.45. The van der Waals surface area contributed by atoms with Crippen molar-refractivity contribution in [2.75, 3.05) is 0 Å². The highest BCUT2D eigenvalue weighted by molar-refractivity contribution is 5.84. The van der Waals surface area contributed by atoms with Gasteiger partial charge in [-0.3, -0.25) is 4.98 Å². The normalized spacial score (nSPS) is 10.8. The molecular formula is C13H8FN2-. The Morgan fingerprint density at radius 1 is 1.06 bits per heavy atom. The standard InChI is InChI=1S/C13H8FN2/c14-10-4-5-11-9(7-10)8-13(16-11)12-3-1-2-6-15-12/h1-8H/q-1. The fourth-order valence-corrected chi connectivity index (χ4v) is 1.70. The van der Waals surface area contributed by atoms with Gasteiger partial charge in [0.25, 0.3) is 0 Å². The predicted molar refractivity (Wildman–Crippen MR) is 60.5 cm³/mol. The Morgan fingerprint density at radius 2 is 2.00 bits per heavy atom. The average Bonchev–Trinajstić information content (AvgIpc) is 2.73. The number of pyridine rings is 1. The van der Waals surface area contributed by atoms with Crippen LogP contribution in [0.15, 0.2) is 48.7 Å². The first-order chi connectivity index (χ1) is 7.83. The van der Waals surface area contributed by atoms with Crippen molar-refractivity contribution in [2.45, 2.75) is 0 Å². The minimum Gasteiger partial charge on any atom is -0.656 e. The van der Waals surface area contributed by atoms with Gasteiger partial charge in [-0.15, -0.1) is 11.2 Å². The van der Waals surface area contributed by atoms with Crippen LogP contribution in [0.25, 0.3) is 22.3 Å². The molecule has 0 aliphatic heterocycles. The molecule has 0 saturated heterocycles. The largest absolute Gasteiger partial charge is 0.656 e. The smallest absolute Gasteiger partial charge is 0.123 e. The lowest BCUT2D eigenvalue weighted by molar-refractivity contribution is 0.629. The molecule has 0 aliphatic carbocycles. The summed E-state index contributed by atoms with van der Waals surface area (Å²) in [4.78, 5) is 8.61. The molecule has 2 nitrogen and oxygen atoms in total. The SMILES string of the molecule is Fc1ccc2[n-]c(-c3ccccn3)cc2c1. The third-order valence-corrected chi connectivity index (χ3v) is 2.45. The van der Waals surface area contributed by atoms with E-state index >= 15 is 0 Å². The Labute approximate surface area is 91.8 Å². The highest BCUT2D eigenvalue weighted by Crippen LogP contribution is 2.21. The second-order valence-electron chi connectivity index (χ2n) is 3.56. The molecule has 0 unspecified atom stereocenters. The van der Waals surface area contributed by atoms with Crippen molar-refractivity contribution in [3.05, 3.63) is 54.5 Å². The maximum Gasteiger partial charge on any atom is 0.123 e. The number of rotatable bonds is 1. The molecule has 3 rings (SSSR count). The summed E-state index contributed by atoms with van der Waals surface area (Å²) in [7, 11) is 0. The number of hydrogen-bond acceptors (Lipinski definition) is 1. The van der Waals surface area contributed by atoms with Gasteiger partial charge >= 0.3 is 0 Å². The van der Waals surface area contributed by atoms with Crippen LogP contribution in [0.2, 0.25) is 0 Å². The summed E-state index contributed by atoms with van der Waals surface area (Å²) in [5.41, 5.74) is 2.38. The van der Waals surface area contributed by atoms with E-state index in [4.69, 9.17) is 0 Å². The summed E-state index contributed by atoms with van der Waals surface area (Å²) in [6, 6.07) is 12.1. The lowest BCUT2D eigenvalue weighted by atomic mass is 10.2. The Balaban J connectivity index is 2.19. The summed E-state index contributed by atoms with van der Waals surface area (Å²) in [5, 5.41) is 0.806. The van der Waals surface area contributed by atoms with Gasteiger partial charge in [-0.1, -0.05) is 18.2 Å². The molecule has 2 aromatic heterocycles. The van der Waals surface area contributed by atoms with Crippen LogP contribution in [0.3, 0.4) is 0 Å². The number of fused-ring (bicyclic) bond motifs is 1. The number of hydrogen-bond donors (Lipinski definition) is 0. The lowest BCUT2D eigenvalue weighted by Gasteiger charge is -2.04. The zero-order valence-corrected chi connectivity index (χ0v) is 8.39. The van der Waals surface area contributed by atoms with Gasteiger partial charge in [0, 0.05) is 11.9 Å². The fraction of sp³-hybridized carbons (Fsp3) is 0. The van der Waals surface area contributed by atoms with Crippen LogP contribution in [-0.4, -0.2) is 4.98 Å². The Bertz CT molecular complexity index is 629. The van der Waals surface area contributed by atoms with Crippen molar-refractivity contribution >= 4 is 10.9 Å². The zero-order valence-electron chi connectivity index (χ0n) is 8.39. The van der Waals surface area contributed by atoms with Crippen molar-refractivity contribution in [1.82, 2.24) is 9.97 Å². The quantitative estimate of drug-likeness (QED) is 0.618. The van der Waals surface area contributed by atoms with E-state index in [2.05, 4.69) is 9.97 Å². The van der Waals surface area contributed by atoms with E-state index in [1.807, 2.05) is 24.3 Å². The van der Waals surface area contributed by atoms with Crippen LogP contribution in [0.1, 0.15) is 0 Å². The molecule has 3 aromatic rings. The molecule has 78 valence electrons. The van der Waals surface area contributed by atoms with Crippen LogP contribution in [0, 0.1) is 5.82 Å². The molecule has 0 N–H and O–H groups in total. The van der Waals surface area contributed by atoms with Crippen molar-refractivity contribution < 1.29 is 4.39 Å². The molecular weight excluding hydrogens is 203 g/mol. The second kappa shape index (κ2) is 3.45. The van der Waals surface area contributed by atoms with E-state index in [0.717, 1.165) is 22.3 Å². The molecule has 1 aromatic carbocycles. The number of benzene rings is 1. The van der Waals surface area contributed by atoms with Gasteiger partial charge in [0.05, 0.1) is 0 Å². The average molecular weight is 211 g/mol. The first kappa shape index (κ1) is 9.09. The topological polar surface area (TPSA) is 27.0 Å². The molecule has 0 spiro atoms. The van der Waals surface area contributed by atoms with E-state index in [-0.39, 0.29) is 5.82 Å². The Morgan fingerprint density at radius 3 is 2.81 bits per heavy atom. The van der Waals surface area contributed by atoms with Crippen LogP contribution < -0.4 is 4.98 Å². The van der Waals surface area contributed by atoms with Crippen molar-refractivity contribution in [2.24, 2.45) is 0 Å². The van der Waals surface area contributed by atoms with Gasteiger partial charge in [-0.05, 0) is 29.7 Å². The minimum absolute atomic E-state index is 0.243. The molecule has 16 heavy (non-hydrogen) atoms. The second-order valence-corrected chi connectivity index (χ2v) is 3.56. The van der Waals surface area contributed by atoms with Gasteiger partial charge in [0.2, 0.25) is 0 Å². The molecule has 0 saturated carbocycles. The van der Waals surface area contributed by atoms with Crippen molar-refractivity contribution in [3.8, 4) is 11.4 Å². The molecule has 2 heterocycles.